The summed E-state index contributed by atoms with van der Waals surface area (Å²) in [7, 11) is -3.59. The van der Waals surface area contributed by atoms with Gasteiger partial charge in [0.15, 0.2) is 5.13 Å². The average molecular weight is 337 g/mol. The second kappa shape index (κ2) is 5.50. The van der Waals surface area contributed by atoms with Crippen molar-refractivity contribution in [3.05, 3.63) is 41.4 Å². The second-order valence-corrected chi connectivity index (χ2v) is 7.39. The van der Waals surface area contributed by atoms with E-state index in [9.17, 15) is 18.0 Å². The van der Waals surface area contributed by atoms with Gasteiger partial charge in [0.25, 0.3) is 5.91 Å². The van der Waals surface area contributed by atoms with Gasteiger partial charge in [-0.3, -0.25) is 14.9 Å². The van der Waals surface area contributed by atoms with Crippen LogP contribution < -0.4 is 9.62 Å². The minimum absolute atomic E-state index is 0.0192. The highest BCUT2D eigenvalue weighted by atomic mass is 32.2. The minimum atomic E-state index is -3.59. The van der Waals surface area contributed by atoms with Gasteiger partial charge in [-0.2, -0.15) is 0 Å². The number of hydrogen-bond acceptors (Lipinski definition) is 6. The summed E-state index contributed by atoms with van der Waals surface area (Å²) in [6.07, 6.45) is 1.56. The van der Waals surface area contributed by atoms with E-state index in [1.54, 1.807) is 11.6 Å². The Morgan fingerprint density at radius 2 is 2.00 bits per heavy atom. The first-order valence-electron chi connectivity index (χ1n) is 6.34. The van der Waals surface area contributed by atoms with Crippen LogP contribution in [0.15, 0.2) is 35.8 Å². The summed E-state index contributed by atoms with van der Waals surface area (Å²) >= 11 is 1.29. The monoisotopic (exact) mass is 337 g/mol. The minimum Gasteiger partial charge on any atom is -0.298 e. The molecule has 1 aromatic heterocycles. The van der Waals surface area contributed by atoms with Crippen LogP contribution in [-0.4, -0.2) is 31.0 Å². The molecule has 1 saturated heterocycles. The standard InChI is InChI=1S/C13H11N3O4S2/c17-11-5-8-22(19,20)16(11)10-3-1-9(2-4-10)12(18)15-13-14-6-7-21-13/h1-4,6-7H,5,8H2,(H,14,15,18). The van der Waals surface area contributed by atoms with Crippen LogP contribution in [0.1, 0.15) is 16.8 Å². The third-order valence-corrected chi connectivity index (χ3v) is 5.47. The Kier molecular flexibility index (Phi) is 3.67. The molecule has 0 spiro atoms. The number of rotatable bonds is 3. The third kappa shape index (κ3) is 2.72. The Morgan fingerprint density at radius 3 is 2.55 bits per heavy atom. The fourth-order valence-corrected chi connectivity index (χ4v) is 4.06. The van der Waals surface area contributed by atoms with Crippen molar-refractivity contribution in [1.82, 2.24) is 4.98 Å². The van der Waals surface area contributed by atoms with Crippen molar-refractivity contribution in [1.29, 1.82) is 0 Å². The van der Waals surface area contributed by atoms with Gasteiger partial charge in [0.05, 0.1) is 11.4 Å². The van der Waals surface area contributed by atoms with Crippen molar-refractivity contribution in [2.45, 2.75) is 6.42 Å². The highest BCUT2D eigenvalue weighted by Crippen LogP contribution is 2.25. The fraction of sp³-hybridized carbons (Fsp3) is 0.154. The Hall–Kier alpha value is -2.26. The first-order valence-corrected chi connectivity index (χ1v) is 8.83. The van der Waals surface area contributed by atoms with Gasteiger partial charge in [0, 0.05) is 23.6 Å². The van der Waals surface area contributed by atoms with Crippen LogP contribution in [0.5, 0.6) is 0 Å². The van der Waals surface area contributed by atoms with Crippen LogP contribution in [0.3, 0.4) is 0 Å². The van der Waals surface area contributed by atoms with E-state index >= 15 is 0 Å². The molecule has 1 fully saturated rings. The summed E-state index contributed by atoms with van der Waals surface area (Å²) in [5.74, 6) is -0.991. The summed E-state index contributed by atoms with van der Waals surface area (Å²) in [5.41, 5.74) is 0.594. The van der Waals surface area contributed by atoms with Gasteiger partial charge < -0.3 is 0 Å². The summed E-state index contributed by atoms with van der Waals surface area (Å²) in [5, 5.41) is 4.84. The highest BCUT2D eigenvalue weighted by Gasteiger charge is 2.36. The SMILES string of the molecule is O=C(Nc1nccs1)c1ccc(N2C(=O)CCS2(=O)=O)cc1. The molecule has 2 heterocycles. The first-order chi connectivity index (χ1) is 10.5. The van der Waals surface area contributed by atoms with E-state index in [4.69, 9.17) is 0 Å². The summed E-state index contributed by atoms with van der Waals surface area (Å²) in [6, 6.07) is 5.83. The molecule has 1 aliphatic rings. The third-order valence-electron chi connectivity index (χ3n) is 3.10. The molecule has 0 aliphatic carbocycles. The van der Waals surface area contributed by atoms with E-state index in [0.717, 1.165) is 4.31 Å². The Labute approximate surface area is 130 Å². The number of thiazole rings is 1. The number of benzene rings is 1. The number of hydrogen-bond donors (Lipinski definition) is 1. The van der Waals surface area contributed by atoms with E-state index in [2.05, 4.69) is 10.3 Å². The lowest BCUT2D eigenvalue weighted by Crippen LogP contribution is -2.29. The van der Waals surface area contributed by atoms with Crippen molar-refractivity contribution in [3.8, 4) is 0 Å². The number of amides is 2. The molecule has 9 heteroatoms. The molecule has 0 atom stereocenters. The van der Waals surface area contributed by atoms with Crippen LogP contribution in [0, 0.1) is 0 Å². The van der Waals surface area contributed by atoms with Gasteiger partial charge in [-0.1, -0.05) is 0 Å². The number of carbonyl (C=O) groups excluding carboxylic acids is 2. The molecule has 0 unspecified atom stereocenters. The average Bonchev–Trinajstić information content (AvgIpc) is 3.07. The molecule has 0 saturated carbocycles. The zero-order valence-electron chi connectivity index (χ0n) is 11.2. The van der Waals surface area contributed by atoms with Crippen molar-refractivity contribution in [2.75, 3.05) is 15.4 Å². The smallest absolute Gasteiger partial charge is 0.257 e. The topological polar surface area (TPSA) is 96.4 Å². The zero-order chi connectivity index (χ0) is 15.7. The molecule has 3 rings (SSSR count). The van der Waals surface area contributed by atoms with Crippen LogP contribution in [0.4, 0.5) is 10.8 Å². The molecule has 0 bridgehead atoms. The summed E-state index contributed by atoms with van der Waals surface area (Å²) < 4.78 is 24.4. The van der Waals surface area contributed by atoms with Crippen molar-refractivity contribution < 1.29 is 18.0 Å². The maximum atomic E-state index is 12.0. The van der Waals surface area contributed by atoms with E-state index in [-0.39, 0.29) is 23.8 Å². The number of aromatic nitrogens is 1. The predicted octanol–water partition coefficient (Wildman–Crippen LogP) is 1.46. The maximum Gasteiger partial charge on any atom is 0.257 e. The molecule has 2 amide bonds. The van der Waals surface area contributed by atoms with Gasteiger partial charge in [0.2, 0.25) is 15.9 Å². The second-order valence-electron chi connectivity index (χ2n) is 4.56. The van der Waals surface area contributed by atoms with E-state index in [1.165, 1.54) is 35.6 Å². The fourth-order valence-electron chi connectivity index (χ4n) is 2.07. The molecular formula is C13H11N3O4S2. The molecule has 1 N–H and O–H groups in total. The van der Waals surface area contributed by atoms with E-state index in [1.807, 2.05) is 0 Å². The number of nitrogens with one attached hydrogen (secondary N) is 1. The van der Waals surface area contributed by atoms with E-state index < -0.39 is 15.9 Å². The molecule has 1 aliphatic heterocycles. The molecule has 22 heavy (non-hydrogen) atoms. The van der Waals surface area contributed by atoms with Gasteiger partial charge in [0.1, 0.15) is 0 Å². The molecule has 0 radical (unpaired) electrons. The molecule has 7 nitrogen and oxygen atoms in total. The van der Waals surface area contributed by atoms with Crippen molar-refractivity contribution >= 4 is 44.0 Å². The molecule has 1 aromatic carbocycles. The lowest BCUT2D eigenvalue weighted by atomic mass is 10.2. The van der Waals surface area contributed by atoms with Gasteiger partial charge >= 0.3 is 0 Å². The largest absolute Gasteiger partial charge is 0.298 e. The first kappa shape index (κ1) is 14.7. The summed E-state index contributed by atoms with van der Waals surface area (Å²) in [6.45, 7) is 0. The van der Waals surface area contributed by atoms with Crippen LogP contribution in [0.25, 0.3) is 0 Å². The molecule has 114 valence electrons. The van der Waals surface area contributed by atoms with Crippen molar-refractivity contribution in [2.24, 2.45) is 0 Å². The van der Waals surface area contributed by atoms with E-state index in [0.29, 0.717) is 10.7 Å². The predicted molar refractivity (Wildman–Crippen MR) is 82.4 cm³/mol. The lowest BCUT2D eigenvalue weighted by molar-refractivity contribution is -0.116. The van der Waals surface area contributed by atoms with Gasteiger partial charge in [-0.15, -0.1) is 11.3 Å². The molecule has 2 aromatic rings. The maximum absolute atomic E-state index is 12.0. The van der Waals surface area contributed by atoms with Crippen molar-refractivity contribution in [3.63, 3.8) is 0 Å². The van der Waals surface area contributed by atoms with Crippen LogP contribution in [0.2, 0.25) is 0 Å². The van der Waals surface area contributed by atoms with Gasteiger partial charge in [-0.05, 0) is 24.3 Å². The summed E-state index contributed by atoms with van der Waals surface area (Å²) in [4.78, 5) is 27.6. The zero-order valence-corrected chi connectivity index (χ0v) is 12.9. The molecular weight excluding hydrogens is 326 g/mol. The van der Waals surface area contributed by atoms with Crippen LogP contribution >= 0.6 is 11.3 Å². The number of carbonyl (C=O) groups is 2. The van der Waals surface area contributed by atoms with Gasteiger partial charge in [-0.25, -0.2) is 17.7 Å². The Balaban J connectivity index is 1.81. The Bertz CT molecular complexity index is 813. The quantitative estimate of drug-likeness (QED) is 0.914. The number of sulfonamides is 1. The van der Waals surface area contributed by atoms with Crippen LogP contribution in [-0.2, 0) is 14.8 Å². The highest BCUT2D eigenvalue weighted by molar-refractivity contribution is 7.94. The normalized spacial score (nSPS) is 16.7. The lowest BCUT2D eigenvalue weighted by Gasteiger charge is -2.15. The number of nitrogens with zero attached hydrogens (tertiary/aromatic N) is 2. The number of anilines is 2. The Morgan fingerprint density at radius 1 is 1.27 bits per heavy atom.